The molecule has 6 nitrogen and oxygen atoms in total. The minimum absolute atomic E-state index is 0.191. The van der Waals surface area contributed by atoms with Crippen molar-refractivity contribution in [2.24, 2.45) is 5.73 Å². The molecular weight excluding hydrogens is 482 g/mol. The molecule has 0 fully saturated rings. The van der Waals surface area contributed by atoms with Crippen LogP contribution < -0.4 is 10.5 Å². The number of nitrogens with two attached hydrogens (primary N) is 1. The lowest BCUT2D eigenvalue weighted by atomic mass is 9.87. The highest BCUT2D eigenvalue weighted by Gasteiger charge is 2.24. The van der Waals surface area contributed by atoms with Gasteiger partial charge in [0.15, 0.2) is 5.78 Å². The summed E-state index contributed by atoms with van der Waals surface area (Å²) in [5.74, 6) is 1.85. The summed E-state index contributed by atoms with van der Waals surface area (Å²) < 4.78 is 8.73. The van der Waals surface area contributed by atoms with E-state index in [9.17, 15) is 9.59 Å². The first-order valence-electron chi connectivity index (χ1n) is 12.4. The van der Waals surface area contributed by atoms with Crippen LogP contribution in [-0.4, -0.2) is 21.2 Å². The third kappa shape index (κ3) is 5.78. The molecule has 4 aromatic rings. The molecule has 7 heteroatoms. The van der Waals surface area contributed by atoms with Crippen LogP contribution in [0.25, 0.3) is 0 Å². The number of carbonyl (C=O) groups is 2. The van der Waals surface area contributed by atoms with Crippen molar-refractivity contribution in [3.8, 4) is 5.75 Å². The predicted molar refractivity (Wildman–Crippen MR) is 146 cm³/mol. The molecule has 0 unspecified atom stereocenters. The molecule has 1 aliphatic carbocycles. The largest absolute Gasteiger partial charge is 0.484 e. The number of benzene rings is 3. The Balaban J connectivity index is 1.45. The minimum Gasteiger partial charge on any atom is -0.484 e. The van der Waals surface area contributed by atoms with Crippen LogP contribution in [0.2, 0.25) is 0 Å². The van der Waals surface area contributed by atoms with E-state index in [1.165, 1.54) is 0 Å². The highest BCUT2D eigenvalue weighted by Crippen LogP contribution is 2.37. The molecule has 0 spiro atoms. The molecule has 1 aromatic heterocycles. The average Bonchev–Trinajstić information content (AvgIpc) is 3.43. The summed E-state index contributed by atoms with van der Waals surface area (Å²) in [7, 11) is 0. The summed E-state index contributed by atoms with van der Waals surface area (Å²) >= 11 is 1.69. The lowest BCUT2D eigenvalue weighted by Crippen LogP contribution is -2.18. The van der Waals surface area contributed by atoms with Gasteiger partial charge in [0, 0.05) is 47.0 Å². The summed E-state index contributed by atoms with van der Waals surface area (Å²) in [5.41, 5.74) is 11.0. The predicted octanol–water partition coefficient (Wildman–Crippen LogP) is 5.75. The fourth-order valence-corrected chi connectivity index (χ4v) is 5.91. The Morgan fingerprint density at radius 2 is 1.84 bits per heavy atom. The van der Waals surface area contributed by atoms with Gasteiger partial charge in [-0.15, -0.1) is 0 Å². The van der Waals surface area contributed by atoms with Gasteiger partial charge in [-0.25, -0.2) is 4.98 Å². The second kappa shape index (κ2) is 11.5. The van der Waals surface area contributed by atoms with Gasteiger partial charge in [-0.3, -0.25) is 9.59 Å². The molecule has 2 N–H and O–H groups in total. The number of fused-ring (bicyclic) bond motifs is 1. The fourth-order valence-electron chi connectivity index (χ4n) is 4.81. The number of primary amides is 1. The molecule has 0 radical (unpaired) electrons. The zero-order valence-electron chi connectivity index (χ0n) is 20.5. The highest BCUT2D eigenvalue weighted by molar-refractivity contribution is 7.97. The normalized spacial score (nSPS) is 13.7. The lowest BCUT2D eigenvalue weighted by molar-refractivity contribution is 0.0969. The molecule has 188 valence electrons. The van der Waals surface area contributed by atoms with Gasteiger partial charge in [-0.05, 0) is 47.7 Å². The third-order valence-electron chi connectivity index (χ3n) is 6.68. The summed E-state index contributed by atoms with van der Waals surface area (Å²) in [6, 6.07) is 21.5. The van der Waals surface area contributed by atoms with E-state index in [0.29, 0.717) is 30.0 Å². The molecule has 3 aromatic carbocycles. The first-order valence-corrected chi connectivity index (χ1v) is 13.6. The number of rotatable bonds is 10. The van der Waals surface area contributed by atoms with Gasteiger partial charge in [0.1, 0.15) is 11.9 Å². The van der Waals surface area contributed by atoms with Crippen LogP contribution in [0.15, 0.2) is 85.5 Å². The van der Waals surface area contributed by atoms with E-state index in [1.807, 2.05) is 59.3 Å². The van der Waals surface area contributed by atoms with Crippen molar-refractivity contribution in [2.45, 2.75) is 43.4 Å². The molecule has 0 saturated carbocycles. The van der Waals surface area contributed by atoms with Crippen LogP contribution in [0, 0.1) is 0 Å². The Bertz CT molecular complexity index is 1390. The molecule has 0 saturated heterocycles. The van der Waals surface area contributed by atoms with E-state index in [4.69, 9.17) is 10.5 Å². The number of Topliss-reactive ketones (excluding diaryl/α,β-unsaturated/α-hetero) is 1. The van der Waals surface area contributed by atoms with E-state index >= 15 is 0 Å². The number of nitrogens with zero attached hydrogens (tertiary/aromatic N) is 2. The van der Waals surface area contributed by atoms with E-state index < -0.39 is 5.91 Å². The van der Waals surface area contributed by atoms with Gasteiger partial charge < -0.3 is 15.0 Å². The number of ketones is 1. The van der Waals surface area contributed by atoms with Crippen LogP contribution in [0.1, 0.15) is 61.9 Å². The van der Waals surface area contributed by atoms with Gasteiger partial charge in [-0.1, -0.05) is 48.5 Å². The first-order chi connectivity index (χ1) is 18.1. The molecule has 5 rings (SSSR count). The Hall–Kier alpha value is -3.84. The maximum Gasteiger partial charge on any atom is 0.249 e. The molecule has 1 atom stereocenters. The summed E-state index contributed by atoms with van der Waals surface area (Å²) in [5, 5.41) is 0. The van der Waals surface area contributed by atoms with Crippen molar-refractivity contribution in [3.63, 3.8) is 0 Å². The maximum absolute atomic E-state index is 12.7. The van der Waals surface area contributed by atoms with Crippen molar-refractivity contribution >= 4 is 23.5 Å². The molecule has 0 bridgehead atoms. The van der Waals surface area contributed by atoms with Gasteiger partial charge in [0.2, 0.25) is 5.91 Å². The van der Waals surface area contributed by atoms with Crippen molar-refractivity contribution < 1.29 is 14.3 Å². The second-order valence-corrected chi connectivity index (χ2v) is 10.1. The van der Waals surface area contributed by atoms with Crippen LogP contribution in [0.3, 0.4) is 0 Å². The number of thioether (sulfide) groups is 1. The van der Waals surface area contributed by atoms with Crippen molar-refractivity contribution in [1.82, 2.24) is 9.55 Å². The number of hydrogen-bond acceptors (Lipinski definition) is 5. The Labute approximate surface area is 220 Å². The zero-order valence-corrected chi connectivity index (χ0v) is 21.3. The van der Waals surface area contributed by atoms with Crippen LogP contribution in [0.4, 0.5) is 0 Å². The number of ether oxygens (including phenoxy) is 1. The van der Waals surface area contributed by atoms with Crippen molar-refractivity contribution in [3.05, 3.63) is 119 Å². The van der Waals surface area contributed by atoms with E-state index in [0.717, 1.165) is 46.4 Å². The molecular formula is C30H29N3O3S. The lowest BCUT2D eigenvalue weighted by Gasteiger charge is -2.25. The van der Waals surface area contributed by atoms with Gasteiger partial charge >= 0.3 is 0 Å². The number of imidazole rings is 1. The smallest absolute Gasteiger partial charge is 0.249 e. The zero-order chi connectivity index (χ0) is 25.6. The van der Waals surface area contributed by atoms with Crippen molar-refractivity contribution in [1.29, 1.82) is 0 Å². The molecule has 1 amide bonds. The number of hydrogen-bond donors (Lipinski definition) is 1. The van der Waals surface area contributed by atoms with Gasteiger partial charge in [0.05, 0.1) is 12.9 Å². The summed E-state index contributed by atoms with van der Waals surface area (Å²) in [6.07, 6.45) is 7.53. The number of aromatic nitrogens is 2. The topological polar surface area (TPSA) is 87.2 Å². The minimum atomic E-state index is -0.423. The molecule has 1 aliphatic rings. The third-order valence-corrected chi connectivity index (χ3v) is 7.69. The van der Waals surface area contributed by atoms with E-state index in [1.54, 1.807) is 30.4 Å². The maximum atomic E-state index is 12.7. The number of amides is 1. The Morgan fingerprint density at radius 1 is 1.03 bits per heavy atom. The molecule has 1 heterocycles. The Kier molecular flexibility index (Phi) is 7.70. The Morgan fingerprint density at radius 3 is 2.62 bits per heavy atom. The average molecular weight is 512 g/mol. The van der Waals surface area contributed by atoms with Gasteiger partial charge in [0.25, 0.3) is 0 Å². The SMILES string of the molecule is NC(=O)c1ccccc1CSCc1c(O[C@H](Cn2ccnc2)c2ccccc2)ccc2c1CCCC2=O. The second-order valence-electron chi connectivity index (χ2n) is 9.14. The van der Waals surface area contributed by atoms with Gasteiger partial charge in [-0.2, -0.15) is 11.8 Å². The number of carbonyl (C=O) groups excluding carboxylic acids is 2. The molecule has 37 heavy (non-hydrogen) atoms. The molecule has 0 aliphatic heterocycles. The summed E-state index contributed by atoms with van der Waals surface area (Å²) in [4.78, 5) is 28.8. The van der Waals surface area contributed by atoms with Crippen LogP contribution in [-0.2, 0) is 24.5 Å². The summed E-state index contributed by atoms with van der Waals surface area (Å²) in [6.45, 7) is 0.610. The highest BCUT2D eigenvalue weighted by atomic mass is 32.2. The van der Waals surface area contributed by atoms with E-state index in [-0.39, 0.29) is 11.9 Å². The standard InChI is InChI=1S/C30H29N3O3S/c31-30(35)23-10-5-4-9-22(23)18-37-19-26-24-11-6-12-27(34)25(24)13-14-28(26)36-29(17-33-16-15-32-20-33)21-7-2-1-3-8-21/h1-5,7-10,13-16,20,29H,6,11-12,17-19H2,(H2,31,35)/t29-/m1/s1. The van der Waals surface area contributed by atoms with Crippen LogP contribution in [0.5, 0.6) is 5.75 Å². The van der Waals surface area contributed by atoms with Crippen molar-refractivity contribution in [2.75, 3.05) is 0 Å². The fraction of sp³-hybridized carbons (Fsp3) is 0.233. The monoisotopic (exact) mass is 511 g/mol. The van der Waals surface area contributed by atoms with E-state index in [2.05, 4.69) is 17.1 Å². The first kappa shape index (κ1) is 24.8. The van der Waals surface area contributed by atoms with Crippen LogP contribution >= 0.6 is 11.8 Å². The quantitative estimate of drug-likeness (QED) is 0.293.